The lowest BCUT2D eigenvalue weighted by Gasteiger charge is -2.36. The summed E-state index contributed by atoms with van der Waals surface area (Å²) < 4.78 is 14.4. The van der Waals surface area contributed by atoms with Crippen molar-refractivity contribution in [3.63, 3.8) is 0 Å². The molecule has 152 valence electrons. The zero-order valence-corrected chi connectivity index (χ0v) is 16.1. The second-order valence-corrected chi connectivity index (χ2v) is 7.46. The molecule has 0 radical (unpaired) electrons. The van der Waals surface area contributed by atoms with Crippen molar-refractivity contribution < 1.29 is 18.8 Å². The van der Waals surface area contributed by atoms with Crippen LogP contribution < -0.4 is 0 Å². The van der Waals surface area contributed by atoms with Gasteiger partial charge in [0.2, 0.25) is 23.9 Å². The summed E-state index contributed by atoms with van der Waals surface area (Å²) in [5.74, 6) is -1.02. The fourth-order valence-electron chi connectivity index (χ4n) is 3.84. The normalized spacial score (nSPS) is 25.2. The molecule has 1 aromatic rings. The minimum Gasteiger partial charge on any atom is -0.345 e. The van der Waals surface area contributed by atoms with E-state index in [2.05, 4.69) is 9.98 Å². The Morgan fingerprint density at radius 2 is 1.76 bits per heavy atom. The number of halogens is 1. The number of carbonyl (C=O) groups excluding carboxylic acids is 3. The van der Waals surface area contributed by atoms with Gasteiger partial charge in [0.05, 0.1) is 11.6 Å². The highest BCUT2D eigenvalue weighted by molar-refractivity contribution is 6.23. The molecule has 0 spiro atoms. The number of nitrogens with zero attached hydrogens (tertiary/aromatic N) is 5. The number of benzene rings is 1. The molecule has 29 heavy (non-hydrogen) atoms. The first kappa shape index (κ1) is 19.2. The maximum Gasteiger partial charge on any atom is 0.289 e. The van der Waals surface area contributed by atoms with E-state index in [0.29, 0.717) is 38.3 Å². The highest BCUT2D eigenvalue weighted by Gasteiger charge is 2.37. The Hall–Kier alpha value is -3.10. The number of guanidine groups is 1. The SMILES string of the molecule is CN1CC(C(=O)N2CCN(C3=NC(=O)C(F)C(c4ccccc4)=N3)CC2)CC1=O. The molecule has 0 N–H and O–H groups in total. The van der Waals surface area contributed by atoms with Crippen molar-refractivity contribution in [2.75, 3.05) is 39.8 Å². The van der Waals surface area contributed by atoms with E-state index in [1.54, 1.807) is 46.0 Å². The van der Waals surface area contributed by atoms with Gasteiger partial charge in [-0.15, -0.1) is 0 Å². The van der Waals surface area contributed by atoms with Crippen LogP contribution in [-0.2, 0) is 14.4 Å². The molecule has 3 heterocycles. The second kappa shape index (κ2) is 7.73. The molecule has 0 saturated carbocycles. The molecular formula is C20H22FN5O3. The van der Waals surface area contributed by atoms with E-state index < -0.39 is 12.1 Å². The Labute approximate surface area is 167 Å². The number of rotatable bonds is 2. The summed E-state index contributed by atoms with van der Waals surface area (Å²) in [4.78, 5) is 49.7. The van der Waals surface area contributed by atoms with Crippen LogP contribution in [0.1, 0.15) is 12.0 Å². The number of amides is 3. The van der Waals surface area contributed by atoms with Crippen LogP contribution in [0, 0.1) is 5.92 Å². The lowest BCUT2D eigenvalue weighted by Crippen LogP contribution is -2.52. The number of likely N-dealkylation sites (tertiary alicyclic amines) is 1. The summed E-state index contributed by atoms with van der Waals surface area (Å²) in [7, 11) is 1.70. The zero-order valence-electron chi connectivity index (χ0n) is 16.1. The number of hydrogen-bond acceptors (Lipinski definition) is 5. The lowest BCUT2D eigenvalue weighted by atomic mass is 10.0. The monoisotopic (exact) mass is 399 g/mol. The van der Waals surface area contributed by atoms with Gasteiger partial charge < -0.3 is 14.7 Å². The van der Waals surface area contributed by atoms with Crippen LogP contribution in [0.5, 0.6) is 0 Å². The summed E-state index contributed by atoms with van der Waals surface area (Å²) in [5.41, 5.74) is 0.608. The van der Waals surface area contributed by atoms with Gasteiger partial charge in [-0.2, -0.15) is 4.99 Å². The zero-order chi connectivity index (χ0) is 20.5. The summed E-state index contributed by atoms with van der Waals surface area (Å²) in [6.45, 7) is 2.21. The molecule has 3 amide bonds. The van der Waals surface area contributed by atoms with Crippen molar-refractivity contribution in [3.05, 3.63) is 35.9 Å². The van der Waals surface area contributed by atoms with Gasteiger partial charge in [-0.3, -0.25) is 14.4 Å². The highest BCUT2D eigenvalue weighted by Crippen LogP contribution is 2.21. The molecule has 8 nitrogen and oxygen atoms in total. The van der Waals surface area contributed by atoms with Crippen molar-refractivity contribution in [2.45, 2.75) is 12.6 Å². The first-order chi connectivity index (χ1) is 13.9. The molecule has 2 unspecified atom stereocenters. The van der Waals surface area contributed by atoms with Gasteiger partial charge in [0.1, 0.15) is 0 Å². The van der Waals surface area contributed by atoms with Gasteiger partial charge >= 0.3 is 0 Å². The molecule has 1 aromatic carbocycles. The predicted octanol–water partition coefficient (Wildman–Crippen LogP) is 0.333. The molecular weight excluding hydrogens is 377 g/mol. The average Bonchev–Trinajstić information content (AvgIpc) is 3.08. The summed E-state index contributed by atoms with van der Waals surface area (Å²) in [5, 5.41) is 0. The fourth-order valence-corrected chi connectivity index (χ4v) is 3.84. The van der Waals surface area contributed by atoms with Crippen molar-refractivity contribution in [1.82, 2.24) is 14.7 Å². The number of aliphatic imine (C=N–C) groups is 2. The molecule has 9 heteroatoms. The quantitative estimate of drug-likeness (QED) is 0.718. The highest BCUT2D eigenvalue weighted by atomic mass is 19.1. The van der Waals surface area contributed by atoms with E-state index in [9.17, 15) is 18.8 Å². The molecule has 0 bridgehead atoms. The van der Waals surface area contributed by atoms with Gasteiger partial charge in [0, 0.05) is 46.2 Å². The Kier molecular flexibility index (Phi) is 5.12. The van der Waals surface area contributed by atoms with Crippen molar-refractivity contribution >= 4 is 29.4 Å². The van der Waals surface area contributed by atoms with E-state index in [-0.39, 0.29) is 35.8 Å². The minimum absolute atomic E-state index is 0.0133. The predicted molar refractivity (Wildman–Crippen MR) is 104 cm³/mol. The van der Waals surface area contributed by atoms with Crippen LogP contribution in [0.4, 0.5) is 4.39 Å². The number of hydrogen-bond donors (Lipinski definition) is 0. The standard InChI is InChI=1S/C20H22FN5O3/c1-24-12-14(11-15(24)27)19(29)25-7-9-26(10-8-25)20-22-17(16(21)18(28)23-20)13-5-3-2-4-6-13/h2-6,14,16H,7-12H2,1H3. The van der Waals surface area contributed by atoms with Gasteiger partial charge in [-0.25, -0.2) is 9.38 Å². The third kappa shape index (κ3) is 3.76. The fraction of sp³-hybridized carbons (Fsp3) is 0.450. The van der Waals surface area contributed by atoms with Crippen LogP contribution >= 0.6 is 0 Å². The number of alkyl halides is 1. The molecule has 0 aromatic heterocycles. The van der Waals surface area contributed by atoms with E-state index in [1.807, 2.05) is 6.07 Å². The Morgan fingerprint density at radius 1 is 1.07 bits per heavy atom. The topological polar surface area (TPSA) is 85.7 Å². The number of piperazine rings is 1. The van der Waals surface area contributed by atoms with E-state index >= 15 is 0 Å². The van der Waals surface area contributed by atoms with Crippen LogP contribution in [0.3, 0.4) is 0 Å². The summed E-state index contributed by atoms with van der Waals surface area (Å²) >= 11 is 0. The van der Waals surface area contributed by atoms with E-state index in [1.165, 1.54) is 0 Å². The maximum atomic E-state index is 14.4. The smallest absolute Gasteiger partial charge is 0.289 e. The second-order valence-electron chi connectivity index (χ2n) is 7.46. The number of carbonyl (C=O) groups is 3. The van der Waals surface area contributed by atoms with Crippen molar-refractivity contribution in [2.24, 2.45) is 15.9 Å². The van der Waals surface area contributed by atoms with Crippen molar-refractivity contribution in [3.8, 4) is 0 Å². The third-order valence-electron chi connectivity index (χ3n) is 5.52. The maximum absolute atomic E-state index is 14.4. The van der Waals surface area contributed by atoms with Gasteiger partial charge in [-0.05, 0) is 5.56 Å². The van der Waals surface area contributed by atoms with E-state index in [4.69, 9.17) is 0 Å². The molecule has 2 fully saturated rings. The van der Waals surface area contributed by atoms with Gasteiger partial charge in [-0.1, -0.05) is 30.3 Å². The minimum atomic E-state index is -1.87. The van der Waals surface area contributed by atoms with Crippen molar-refractivity contribution in [1.29, 1.82) is 0 Å². The Bertz CT molecular complexity index is 893. The molecule has 4 rings (SSSR count). The van der Waals surface area contributed by atoms with Crippen LogP contribution in [0.15, 0.2) is 40.3 Å². The Morgan fingerprint density at radius 3 is 2.38 bits per heavy atom. The summed E-state index contributed by atoms with van der Waals surface area (Å²) in [6, 6.07) is 8.74. The molecule has 2 atom stereocenters. The van der Waals surface area contributed by atoms with Crippen LogP contribution in [0.2, 0.25) is 0 Å². The Balaban J connectivity index is 1.43. The lowest BCUT2D eigenvalue weighted by molar-refractivity contribution is -0.137. The van der Waals surface area contributed by atoms with Gasteiger partial charge in [0.25, 0.3) is 5.91 Å². The third-order valence-corrected chi connectivity index (χ3v) is 5.52. The van der Waals surface area contributed by atoms with Gasteiger partial charge in [0.15, 0.2) is 0 Å². The summed E-state index contributed by atoms with van der Waals surface area (Å²) in [6.07, 6.45) is -1.62. The molecule has 3 aliphatic heterocycles. The molecule has 3 aliphatic rings. The van der Waals surface area contributed by atoms with Crippen LogP contribution in [0.25, 0.3) is 0 Å². The molecule has 0 aliphatic carbocycles. The first-order valence-corrected chi connectivity index (χ1v) is 9.62. The largest absolute Gasteiger partial charge is 0.345 e. The molecule has 2 saturated heterocycles. The van der Waals surface area contributed by atoms with E-state index in [0.717, 1.165) is 0 Å². The average molecular weight is 399 g/mol. The first-order valence-electron chi connectivity index (χ1n) is 9.62. The van der Waals surface area contributed by atoms with Crippen LogP contribution in [-0.4, -0.2) is 90.0 Å².